The third kappa shape index (κ3) is 4.51. The number of piperazine rings is 1. The lowest BCUT2D eigenvalue weighted by Crippen LogP contribution is -2.49. The lowest BCUT2D eigenvalue weighted by molar-refractivity contribution is 0.382. The van der Waals surface area contributed by atoms with Gasteiger partial charge in [-0.2, -0.15) is 4.31 Å². The molecule has 1 saturated heterocycles. The number of aryl methyl sites for hydroxylation is 2. The number of benzene rings is 1. The predicted molar refractivity (Wildman–Crippen MR) is 123 cm³/mol. The number of hydrogen-bond acceptors (Lipinski definition) is 8. The molecule has 2 aromatic heterocycles. The van der Waals surface area contributed by atoms with E-state index in [2.05, 4.69) is 20.5 Å². The van der Waals surface area contributed by atoms with Crippen LogP contribution in [0.3, 0.4) is 0 Å². The summed E-state index contributed by atoms with van der Waals surface area (Å²) in [6, 6.07) is 10.9. The molecule has 0 unspecified atom stereocenters. The molecule has 0 atom stereocenters. The van der Waals surface area contributed by atoms with E-state index in [0.717, 1.165) is 17.1 Å². The van der Waals surface area contributed by atoms with Crippen LogP contribution >= 0.6 is 0 Å². The summed E-state index contributed by atoms with van der Waals surface area (Å²) in [7, 11) is -2.01. The number of aromatic nitrogens is 3. The monoisotopic (exact) mass is 454 g/mol. The quantitative estimate of drug-likeness (QED) is 0.607. The van der Waals surface area contributed by atoms with Gasteiger partial charge in [0, 0.05) is 32.4 Å². The van der Waals surface area contributed by atoms with Crippen molar-refractivity contribution in [2.75, 3.05) is 43.5 Å². The minimum Gasteiger partial charge on any atom is -0.496 e. The number of ether oxygens (including phenoxy) is 1. The van der Waals surface area contributed by atoms with Gasteiger partial charge in [0.05, 0.1) is 23.9 Å². The second kappa shape index (κ2) is 9.09. The molecule has 1 aliphatic heterocycles. The van der Waals surface area contributed by atoms with Gasteiger partial charge in [0.2, 0.25) is 10.0 Å². The number of nitrogens with one attached hydrogen (secondary N) is 1. The van der Waals surface area contributed by atoms with E-state index in [0.29, 0.717) is 48.2 Å². The van der Waals surface area contributed by atoms with Crippen LogP contribution in [0.1, 0.15) is 11.1 Å². The third-order valence-corrected chi connectivity index (χ3v) is 7.50. The molecule has 3 aromatic rings. The fraction of sp³-hybridized carbons (Fsp3) is 0.318. The SMILES string of the molecule is COc1cc(C)c(S(=O)(=O)N2CCN(c3ccc(Nc4cccnc4)nn3)CC2)cc1C. The maximum Gasteiger partial charge on any atom is 0.243 e. The van der Waals surface area contributed by atoms with Gasteiger partial charge in [0.25, 0.3) is 0 Å². The normalized spacial score (nSPS) is 14.9. The molecule has 9 nitrogen and oxygen atoms in total. The maximum absolute atomic E-state index is 13.2. The van der Waals surface area contributed by atoms with Crippen molar-refractivity contribution in [3.8, 4) is 5.75 Å². The van der Waals surface area contributed by atoms with Crippen LogP contribution in [0, 0.1) is 13.8 Å². The molecule has 0 spiro atoms. The first kappa shape index (κ1) is 22.0. The zero-order valence-corrected chi connectivity index (χ0v) is 19.1. The van der Waals surface area contributed by atoms with E-state index in [9.17, 15) is 8.42 Å². The van der Waals surface area contributed by atoms with Gasteiger partial charge in [-0.1, -0.05) is 0 Å². The van der Waals surface area contributed by atoms with E-state index in [1.807, 2.05) is 36.1 Å². The molecule has 1 aromatic carbocycles. The fourth-order valence-electron chi connectivity index (χ4n) is 3.70. The van der Waals surface area contributed by atoms with Crippen molar-refractivity contribution in [3.05, 3.63) is 59.9 Å². The first-order valence-electron chi connectivity index (χ1n) is 10.3. The van der Waals surface area contributed by atoms with Crippen LogP contribution in [0.2, 0.25) is 0 Å². The smallest absolute Gasteiger partial charge is 0.243 e. The predicted octanol–water partition coefficient (Wildman–Crippen LogP) is 2.75. The van der Waals surface area contributed by atoms with Crippen LogP contribution in [-0.4, -0.2) is 61.2 Å². The summed E-state index contributed by atoms with van der Waals surface area (Å²) in [4.78, 5) is 6.43. The number of methoxy groups -OCH3 is 1. The van der Waals surface area contributed by atoms with Crippen molar-refractivity contribution in [2.45, 2.75) is 18.7 Å². The number of hydrogen-bond donors (Lipinski definition) is 1. The Kier molecular flexibility index (Phi) is 6.24. The van der Waals surface area contributed by atoms with Crippen molar-refractivity contribution in [3.63, 3.8) is 0 Å². The second-order valence-corrected chi connectivity index (χ2v) is 9.53. The first-order valence-corrected chi connectivity index (χ1v) is 11.7. The molecule has 0 aliphatic carbocycles. The van der Waals surface area contributed by atoms with Crippen molar-refractivity contribution in [1.82, 2.24) is 19.5 Å². The summed E-state index contributed by atoms with van der Waals surface area (Å²) in [5.74, 6) is 2.02. The minimum atomic E-state index is -3.59. The molecule has 0 amide bonds. The lowest BCUT2D eigenvalue weighted by Gasteiger charge is -2.34. The van der Waals surface area contributed by atoms with Crippen molar-refractivity contribution in [1.29, 1.82) is 0 Å². The Bertz CT molecular complexity index is 1180. The van der Waals surface area contributed by atoms with E-state index in [-0.39, 0.29) is 0 Å². The molecule has 1 N–H and O–H groups in total. The topological polar surface area (TPSA) is 101 Å². The van der Waals surface area contributed by atoms with Gasteiger partial charge in [-0.25, -0.2) is 8.42 Å². The largest absolute Gasteiger partial charge is 0.496 e. The fourth-order valence-corrected chi connectivity index (χ4v) is 5.42. The van der Waals surface area contributed by atoms with Crippen molar-refractivity contribution >= 4 is 27.3 Å². The Morgan fingerprint density at radius 1 is 1.00 bits per heavy atom. The summed E-state index contributed by atoms with van der Waals surface area (Å²) in [6.07, 6.45) is 3.41. The number of nitrogens with zero attached hydrogens (tertiary/aromatic N) is 5. The number of sulfonamides is 1. The first-order chi connectivity index (χ1) is 15.4. The zero-order chi connectivity index (χ0) is 22.7. The average Bonchev–Trinajstić information content (AvgIpc) is 2.81. The summed E-state index contributed by atoms with van der Waals surface area (Å²) >= 11 is 0. The molecule has 168 valence electrons. The Labute approximate surface area is 188 Å². The Hall–Kier alpha value is -3.24. The Balaban J connectivity index is 1.42. The Morgan fingerprint density at radius 3 is 2.41 bits per heavy atom. The van der Waals surface area contributed by atoms with E-state index in [1.165, 1.54) is 4.31 Å². The molecule has 1 fully saturated rings. The minimum absolute atomic E-state index is 0.329. The highest BCUT2D eigenvalue weighted by atomic mass is 32.2. The highest BCUT2D eigenvalue weighted by Crippen LogP contribution is 2.28. The van der Waals surface area contributed by atoms with Gasteiger partial charge in [-0.15, -0.1) is 10.2 Å². The van der Waals surface area contributed by atoms with Crippen molar-refractivity contribution in [2.24, 2.45) is 0 Å². The molecule has 1 aliphatic rings. The van der Waals surface area contributed by atoms with Crippen LogP contribution in [-0.2, 0) is 10.0 Å². The van der Waals surface area contributed by atoms with Gasteiger partial charge in [0.15, 0.2) is 11.6 Å². The number of anilines is 3. The molecule has 32 heavy (non-hydrogen) atoms. The molecule has 10 heteroatoms. The Morgan fingerprint density at radius 2 is 1.78 bits per heavy atom. The average molecular weight is 455 g/mol. The number of pyridine rings is 1. The van der Waals surface area contributed by atoms with E-state index >= 15 is 0 Å². The maximum atomic E-state index is 13.2. The van der Waals surface area contributed by atoms with Crippen LogP contribution in [0.15, 0.2) is 53.7 Å². The van der Waals surface area contributed by atoms with Gasteiger partial charge >= 0.3 is 0 Å². The molecular formula is C22H26N6O3S. The molecule has 0 radical (unpaired) electrons. The van der Waals surface area contributed by atoms with Crippen molar-refractivity contribution < 1.29 is 13.2 Å². The summed E-state index contributed by atoms with van der Waals surface area (Å²) in [5.41, 5.74) is 2.31. The second-order valence-electron chi connectivity index (χ2n) is 7.62. The highest BCUT2D eigenvalue weighted by Gasteiger charge is 2.30. The van der Waals surface area contributed by atoms with Gasteiger partial charge in [0.1, 0.15) is 5.75 Å². The highest BCUT2D eigenvalue weighted by molar-refractivity contribution is 7.89. The molecule has 0 bridgehead atoms. The van der Waals surface area contributed by atoms with E-state index < -0.39 is 10.0 Å². The molecule has 4 rings (SSSR count). The summed E-state index contributed by atoms with van der Waals surface area (Å²) < 4.78 is 33.3. The zero-order valence-electron chi connectivity index (χ0n) is 18.3. The van der Waals surface area contributed by atoms with E-state index in [4.69, 9.17) is 4.74 Å². The van der Waals surface area contributed by atoms with Crippen LogP contribution < -0.4 is 15.0 Å². The summed E-state index contributed by atoms with van der Waals surface area (Å²) in [6.45, 7) is 5.48. The van der Waals surface area contributed by atoms with Gasteiger partial charge in [-0.05, 0) is 61.4 Å². The molecule has 0 saturated carbocycles. The van der Waals surface area contributed by atoms with Crippen LogP contribution in [0.25, 0.3) is 0 Å². The molecule has 3 heterocycles. The van der Waals surface area contributed by atoms with Gasteiger partial charge in [-0.3, -0.25) is 4.98 Å². The number of rotatable bonds is 6. The van der Waals surface area contributed by atoms with Crippen LogP contribution in [0.5, 0.6) is 5.75 Å². The van der Waals surface area contributed by atoms with Crippen LogP contribution in [0.4, 0.5) is 17.3 Å². The molecular weight excluding hydrogens is 428 g/mol. The standard InChI is InChI=1S/C22H26N6O3S/c1-16-14-20(17(2)13-19(16)31-3)32(29,30)28-11-9-27(10-12-28)22-7-6-21(25-26-22)24-18-5-4-8-23-15-18/h4-8,13-15H,9-12H2,1-3H3,(H,24,25). The third-order valence-electron chi connectivity index (χ3n) is 5.46. The summed E-state index contributed by atoms with van der Waals surface area (Å²) in [5, 5.41) is 11.7. The van der Waals surface area contributed by atoms with E-state index in [1.54, 1.807) is 38.6 Å². The lowest BCUT2D eigenvalue weighted by atomic mass is 10.1. The van der Waals surface area contributed by atoms with Gasteiger partial charge < -0.3 is 15.0 Å².